The number of benzene rings is 1. The van der Waals surface area contributed by atoms with Gasteiger partial charge in [-0.1, -0.05) is 12.1 Å². The minimum Gasteiger partial charge on any atom is -0.300 e. The highest BCUT2D eigenvalue weighted by Gasteiger charge is 2.00. The van der Waals surface area contributed by atoms with Crippen LogP contribution in [0.3, 0.4) is 0 Å². The Labute approximate surface area is 83.7 Å². The second-order valence-electron chi connectivity index (χ2n) is 3.46. The third-order valence-electron chi connectivity index (χ3n) is 2.19. The molecule has 0 fully saturated rings. The third kappa shape index (κ3) is 2.85. The Hall–Kier alpha value is -1.35. The number of hydrogen-bond acceptors (Lipinski definition) is 3. The van der Waals surface area contributed by atoms with Crippen molar-refractivity contribution in [1.29, 1.82) is 0 Å². The van der Waals surface area contributed by atoms with Crippen molar-refractivity contribution in [2.75, 3.05) is 5.48 Å². The average Bonchev–Trinajstić information content (AvgIpc) is 2.16. The quantitative estimate of drug-likeness (QED) is 0.721. The molecule has 0 unspecified atom stereocenters. The highest BCUT2D eigenvalue weighted by Crippen LogP contribution is 2.17. The first kappa shape index (κ1) is 10.7. The van der Waals surface area contributed by atoms with Gasteiger partial charge in [0.15, 0.2) is 0 Å². The smallest absolute Gasteiger partial charge is 0.130 e. The van der Waals surface area contributed by atoms with Crippen molar-refractivity contribution in [2.24, 2.45) is 0 Å². The van der Waals surface area contributed by atoms with E-state index in [-0.39, 0.29) is 5.78 Å². The second kappa shape index (κ2) is 4.77. The molecule has 0 aromatic heterocycles. The normalized spacial score (nSPS) is 9.93. The summed E-state index contributed by atoms with van der Waals surface area (Å²) in [7, 11) is 0. The highest BCUT2D eigenvalue weighted by molar-refractivity contribution is 5.75. The van der Waals surface area contributed by atoms with Gasteiger partial charge in [0.2, 0.25) is 0 Å². The van der Waals surface area contributed by atoms with Crippen LogP contribution < -0.4 is 5.48 Å². The van der Waals surface area contributed by atoms with Gasteiger partial charge in [-0.3, -0.25) is 10.7 Å². The Balaban J connectivity index is 2.74. The number of rotatable bonds is 4. The molecule has 1 aromatic carbocycles. The lowest BCUT2D eigenvalue weighted by Crippen LogP contribution is -1.97. The largest absolute Gasteiger partial charge is 0.300 e. The molecule has 1 aromatic rings. The van der Waals surface area contributed by atoms with Crippen LogP contribution >= 0.6 is 0 Å². The molecule has 0 heterocycles. The van der Waals surface area contributed by atoms with Gasteiger partial charge in [0.25, 0.3) is 0 Å². The van der Waals surface area contributed by atoms with E-state index in [1.807, 2.05) is 25.1 Å². The van der Waals surface area contributed by atoms with Crippen molar-refractivity contribution in [2.45, 2.75) is 26.7 Å². The van der Waals surface area contributed by atoms with Crippen molar-refractivity contribution in [3.63, 3.8) is 0 Å². The van der Waals surface area contributed by atoms with Gasteiger partial charge in [0.1, 0.15) is 5.78 Å². The highest BCUT2D eigenvalue weighted by atomic mass is 16.5. The van der Waals surface area contributed by atoms with Gasteiger partial charge in [-0.05, 0) is 37.5 Å². The van der Waals surface area contributed by atoms with E-state index in [9.17, 15) is 4.79 Å². The molecule has 0 aliphatic carbocycles. The molecule has 2 N–H and O–H groups in total. The first-order valence-electron chi connectivity index (χ1n) is 4.62. The van der Waals surface area contributed by atoms with Gasteiger partial charge in [-0.15, -0.1) is 0 Å². The molecule has 3 heteroatoms. The summed E-state index contributed by atoms with van der Waals surface area (Å²) in [5.74, 6) is 0.184. The molecule has 3 nitrogen and oxygen atoms in total. The van der Waals surface area contributed by atoms with E-state index in [0.29, 0.717) is 12.1 Å². The van der Waals surface area contributed by atoms with Gasteiger partial charge < -0.3 is 4.79 Å². The van der Waals surface area contributed by atoms with Gasteiger partial charge in [0.05, 0.1) is 5.69 Å². The second-order valence-corrected chi connectivity index (χ2v) is 3.46. The van der Waals surface area contributed by atoms with Crippen molar-refractivity contribution < 1.29 is 10.0 Å². The molecule has 1 rings (SSSR count). The maximum atomic E-state index is 10.8. The fourth-order valence-electron chi connectivity index (χ4n) is 1.27. The summed E-state index contributed by atoms with van der Waals surface area (Å²) in [4.78, 5) is 10.8. The monoisotopic (exact) mass is 193 g/mol. The van der Waals surface area contributed by atoms with E-state index in [1.165, 1.54) is 0 Å². The average molecular weight is 193 g/mol. The molecule has 0 saturated carbocycles. The maximum Gasteiger partial charge on any atom is 0.130 e. The Kier molecular flexibility index (Phi) is 3.65. The molecular weight excluding hydrogens is 178 g/mol. The van der Waals surface area contributed by atoms with Crippen LogP contribution in [0, 0.1) is 6.92 Å². The van der Waals surface area contributed by atoms with Crippen LogP contribution in [0.15, 0.2) is 18.2 Å². The third-order valence-corrected chi connectivity index (χ3v) is 2.19. The molecule has 0 spiro atoms. The molecule has 14 heavy (non-hydrogen) atoms. The summed E-state index contributed by atoms with van der Waals surface area (Å²) in [6, 6.07) is 5.76. The number of hydrogen-bond donors (Lipinski definition) is 2. The molecule has 0 aliphatic rings. The lowest BCUT2D eigenvalue weighted by Gasteiger charge is -2.06. The maximum absolute atomic E-state index is 10.8. The van der Waals surface area contributed by atoms with E-state index >= 15 is 0 Å². The molecule has 0 amide bonds. The summed E-state index contributed by atoms with van der Waals surface area (Å²) in [5.41, 5.74) is 4.88. The first-order chi connectivity index (χ1) is 6.63. The van der Waals surface area contributed by atoms with Gasteiger partial charge in [-0.2, -0.15) is 0 Å². The van der Waals surface area contributed by atoms with E-state index < -0.39 is 0 Å². The molecule has 0 atom stereocenters. The zero-order valence-corrected chi connectivity index (χ0v) is 8.50. The van der Waals surface area contributed by atoms with E-state index in [0.717, 1.165) is 17.5 Å². The number of carbonyl (C=O) groups is 1. The number of carbonyl (C=O) groups excluding carboxylic acids is 1. The van der Waals surface area contributed by atoms with Crippen LogP contribution in [0.25, 0.3) is 0 Å². The van der Waals surface area contributed by atoms with Crippen LogP contribution in [0.5, 0.6) is 0 Å². The molecule has 0 radical (unpaired) electrons. The van der Waals surface area contributed by atoms with Crippen molar-refractivity contribution in [3.05, 3.63) is 29.3 Å². The van der Waals surface area contributed by atoms with Crippen molar-refractivity contribution in [3.8, 4) is 0 Å². The van der Waals surface area contributed by atoms with E-state index in [1.54, 1.807) is 6.92 Å². The van der Waals surface area contributed by atoms with Crippen LogP contribution in [0.1, 0.15) is 24.5 Å². The van der Waals surface area contributed by atoms with Crippen LogP contribution in [-0.2, 0) is 11.2 Å². The van der Waals surface area contributed by atoms with Gasteiger partial charge >= 0.3 is 0 Å². The van der Waals surface area contributed by atoms with E-state index in [2.05, 4.69) is 5.48 Å². The predicted octanol–water partition coefficient (Wildman–Crippen LogP) is 2.32. The molecule has 0 bridgehead atoms. The van der Waals surface area contributed by atoms with Crippen LogP contribution in [0.4, 0.5) is 5.69 Å². The van der Waals surface area contributed by atoms with Gasteiger partial charge in [0, 0.05) is 6.42 Å². The number of nitrogens with one attached hydrogen (secondary N) is 1. The summed E-state index contributed by atoms with van der Waals surface area (Å²) in [5, 5.41) is 8.80. The fourth-order valence-corrected chi connectivity index (χ4v) is 1.27. The first-order valence-corrected chi connectivity index (χ1v) is 4.62. The summed E-state index contributed by atoms with van der Waals surface area (Å²) < 4.78 is 0. The van der Waals surface area contributed by atoms with Crippen molar-refractivity contribution >= 4 is 11.5 Å². The summed E-state index contributed by atoms with van der Waals surface area (Å²) >= 11 is 0. The summed E-state index contributed by atoms with van der Waals surface area (Å²) in [6.07, 6.45) is 1.28. The molecule has 76 valence electrons. The Morgan fingerprint density at radius 1 is 1.50 bits per heavy atom. The Morgan fingerprint density at radius 3 is 2.79 bits per heavy atom. The lowest BCUT2D eigenvalue weighted by molar-refractivity contribution is -0.116. The molecular formula is C11H15NO2. The fraction of sp³-hybridized carbons (Fsp3) is 0.364. The van der Waals surface area contributed by atoms with E-state index in [4.69, 9.17) is 5.21 Å². The predicted molar refractivity (Wildman–Crippen MR) is 55.6 cm³/mol. The zero-order chi connectivity index (χ0) is 10.6. The van der Waals surface area contributed by atoms with Gasteiger partial charge in [-0.25, -0.2) is 0 Å². The standard InChI is InChI=1S/C11H15NO2/c1-8-3-5-10(6-4-9(2)13)7-11(8)12-14/h3,5,7,12,14H,4,6H2,1-2H3. The number of anilines is 1. The number of Topliss-reactive ketones (excluding diaryl/α,β-unsaturated/α-hetero) is 1. The number of ketones is 1. The van der Waals surface area contributed by atoms with Crippen LogP contribution in [-0.4, -0.2) is 11.0 Å². The number of aryl methyl sites for hydroxylation is 2. The molecule has 0 aliphatic heterocycles. The topological polar surface area (TPSA) is 49.3 Å². The Bertz CT molecular complexity index is 334. The minimum atomic E-state index is 0.184. The minimum absolute atomic E-state index is 0.184. The Morgan fingerprint density at radius 2 is 2.21 bits per heavy atom. The zero-order valence-electron chi connectivity index (χ0n) is 8.50. The SMILES string of the molecule is CC(=O)CCc1ccc(C)c(NO)c1. The lowest BCUT2D eigenvalue weighted by atomic mass is 10.1. The summed E-state index contributed by atoms with van der Waals surface area (Å²) in [6.45, 7) is 3.49. The molecule has 0 saturated heterocycles. The van der Waals surface area contributed by atoms with Crippen molar-refractivity contribution in [1.82, 2.24) is 0 Å². The van der Waals surface area contributed by atoms with Crippen LogP contribution in [0.2, 0.25) is 0 Å².